The third-order valence-corrected chi connectivity index (χ3v) is 5.66. The maximum absolute atomic E-state index is 13.8. The maximum atomic E-state index is 13.8. The zero-order valence-corrected chi connectivity index (χ0v) is 19.4. The van der Waals surface area contributed by atoms with Crippen LogP contribution in [-0.2, 0) is 0 Å². The third kappa shape index (κ3) is 5.27. The molecule has 0 aliphatic rings. The van der Waals surface area contributed by atoms with Crippen molar-refractivity contribution in [3.05, 3.63) is 127 Å². The fraction of sp³-hybridized carbons (Fsp3) is 0. The van der Waals surface area contributed by atoms with Gasteiger partial charge in [-0.1, -0.05) is 36.4 Å². The monoisotopic (exact) mass is 476 g/mol. The van der Waals surface area contributed by atoms with Crippen molar-refractivity contribution < 1.29 is 4.39 Å². The Bertz CT molecular complexity index is 1530. The molecule has 5 rings (SSSR count). The fourth-order valence-corrected chi connectivity index (χ4v) is 3.89. The van der Waals surface area contributed by atoms with Crippen molar-refractivity contribution in [2.45, 2.75) is 0 Å². The van der Waals surface area contributed by atoms with Gasteiger partial charge in [0.25, 0.3) is 0 Å². The molecule has 0 saturated carbocycles. The minimum Gasteiger partial charge on any atom is -0.397 e. The molecule has 0 atom stereocenters. The molecule has 0 unspecified atom stereocenters. The van der Waals surface area contributed by atoms with Gasteiger partial charge in [-0.3, -0.25) is 9.99 Å². The number of nitrogens with one attached hydrogen (secondary N) is 2. The number of hydrogen-bond donors (Lipinski definition) is 4. The molecule has 7 heteroatoms. The summed E-state index contributed by atoms with van der Waals surface area (Å²) in [5, 5.41) is 8.89. The second kappa shape index (κ2) is 10.2. The van der Waals surface area contributed by atoms with Crippen LogP contribution in [0.3, 0.4) is 0 Å². The van der Waals surface area contributed by atoms with Gasteiger partial charge < -0.3 is 16.4 Å². The Labute approximate surface area is 208 Å². The number of anilines is 5. The number of nitrogens with two attached hydrogens (primary N) is 2. The summed E-state index contributed by atoms with van der Waals surface area (Å²) in [6.45, 7) is 0. The van der Waals surface area contributed by atoms with Crippen molar-refractivity contribution in [3.63, 3.8) is 0 Å². The molecule has 5 aromatic rings. The van der Waals surface area contributed by atoms with Crippen LogP contribution in [0.1, 0.15) is 5.56 Å². The molecular weight excluding hydrogens is 451 g/mol. The van der Waals surface area contributed by atoms with Crippen LogP contribution in [-0.4, -0.2) is 4.98 Å². The molecule has 0 spiro atoms. The molecule has 0 aliphatic carbocycles. The van der Waals surface area contributed by atoms with Gasteiger partial charge in [0.1, 0.15) is 5.82 Å². The van der Waals surface area contributed by atoms with Gasteiger partial charge in [-0.25, -0.2) is 10.2 Å². The number of hydrazine groups is 1. The van der Waals surface area contributed by atoms with E-state index in [1.165, 1.54) is 17.1 Å². The highest BCUT2D eigenvalue weighted by Gasteiger charge is 2.07. The van der Waals surface area contributed by atoms with Gasteiger partial charge in [0.15, 0.2) is 0 Å². The average Bonchev–Trinajstić information content (AvgIpc) is 2.90. The molecule has 0 aliphatic heterocycles. The first-order valence-corrected chi connectivity index (χ1v) is 11.4. The molecule has 0 fully saturated rings. The summed E-state index contributed by atoms with van der Waals surface area (Å²) in [4.78, 5) is 4.30. The summed E-state index contributed by atoms with van der Waals surface area (Å²) in [6.07, 6.45) is 3.37. The van der Waals surface area contributed by atoms with E-state index in [-0.39, 0.29) is 5.82 Å². The minimum absolute atomic E-state index is 0.314. The molecule has 6 N–H and O–H groups in total. The molecule has 6 nitrogen and oxygen atoms in total. The summed E-state index contributed by atoms with van der Waals surface area (Å²) in [5.41, 5.74) is 12.6. The van der Waals surface area contributed by atoms with Crippen LogP contribution in [0.25, 0.3) is 16.6 Å². The quantitative estimate of drug-likeness (QED) is 0.158. The Morgan fingerprint density at radius 3 is 2.36 bits per heavy atom. The molecule has 1 aromatic heterocycles. The number of rotatable bonds is 7. The number of pyridine rings is 1. The Morgan fingerprint density at radius 2 is 1.53 bits per heavy atom. The third-order valence-electron chi connectivity index (χ3n) is 5.66. The van der Waals surface area contributed by atoms with Crippen LogP contribution in [0.5, 0.6) is 0 Å². The molecule has 0 radical (unpaired) electrons. The van der Waals surface area contributed by atoms with E-state index in [1.807, 2.05) is 84.9 Å². The number of halogens is 1. The van der Waals surface area contributed by atoms with Crippen LogP contribution < -0.4 is 27.2 Å². The van der Waals surface area contributed by atoms with Crippen LogP contribution in [0, 0.1) is 5.82 Å². The van der Waals surface area contributed by atoms with Gasteiger partial charge >= 0.3 is 0 Å². The molecular formula is C29H25FN6. The van der Waals surface area contributed by atoms with Crippen molar-refractivity contribution in [2.75, 3.05) is 15.6 Å². The van der Waals surface area contributed by atoms with Crippen LogP contribution in [0.15, 0.2) is 116 Å². The topological polar surface area (TPSA) is 92.2 Å². The largest absolute Gasteiger partial charge is 0.397 e. The van der Waals surface area contributed by atoms with E-state index in [1.54, 1.807) is 18.5 Å². The predicted octanol–water partition coefficient (Wildman–Crippen LogP) is 6.50. The molecule has 0 bridgehead atoms. The molecule has 178 valence electrons. The normalized spacial score (nSPS) is 11.3. The van der Waals surface area contributed by atoms with Gasteiger partial charge in [0.05, 0.1) is 16.9 Å². The molecule has 36 heavy (non-hydrogen) atoms. The first-order valence-electron chi connectivity index (χ1n) is 11.4. The molecule has 4 aromatic carbocycles. The van der Waals surface area contributed by atoms with E-state index >= 15 is 0 Å². The Hall–Kier alpha value is -4.88. The highest BCUT2D eigenvalue weighted by atomic mass is 19.1. The van der Waals surface area contributed by atoms with E-state index in [0.717, 1.165) is 34.0 Å². The number of benzene rings is 4. The van der Waals surface area contributed by atoms with Crippen LogP contribution in [0.2, 0.25) is 0 Å². The number of aromatic nitrogens is 1. The first-order chi connectivity index (χ1) is 17.5. The average molecular weight is 477 g/mol. The van der Waals surface area contributed by atoms with Gasteiger partial charge in [-0.2, -0.15) is 0 Å². The van der Waals surface area contributed by atoms with E-state index < -0.39 is 0 Å². The molecule has 1 heterocycles. The highest BCUT2D eigenvalue weighted by Crippen LogP contribution is 2.27. The summed E-state index contributed by atoms with van der Waals surface area (Å²) in [6, 6.07) is 31.6. The minimum atomic E-state index is -0.314. The number of nitrogens with zero attached hydrogens (tertiary/aromatic N) is 2. The van der Waals surface area contributed by atoms with Crippen molar-refractivity contribution >= 4 is 45.0 Å². The Morgan fingerprint density at radius 1 is 0.778 bits per heavy atom. The van der Waals surface area contributed by atoms with Gasteiger partial charge in [-0.05, 0) is 66.7 Å². The second-order valence-corrected chi connectivity index (χ2v) is 8.26. The predicted molar refractivity (Wildman–Crippen MR) is 146 cm³/mol. The fourth-order valence-electron chi connectivity index (χ4n) is 3.89. The lowest BCUT2D eigenvalue weighted by atomic mass is 10.1. The maximum Gasteiger partial charge on any atom is 0.124 e. The zero-order chi connectivity index (χ0) is 24.9. The lowest BCUT2D eigenvalue weighted by Crippen LogP contribution is -2.25. The summed E-state index contributed by atoms with van der Waals surface area (Å²) < 4.78 is 13.8. The molecule has 0 amide bonds. The van der Waals surface area contributed by atoms with E-state index in [0.29, 0.717) is 16.6 Å². The van der Waals surface area contributed by atoms with E-state index in [9.17, 15) is 4.39 Å². The first kappa shape index (κ1) is 22.9. The second-order valence-electron chi connectivity index (χ2n) is 8.26. The van der Waals surface area contributed by atoms with E-state index in [2.05, 4.69) is 15.6 Å². The van der Waals surface area contributed by atoms with E-state index in [4.69, 9.17) is 11.6 Å². The number of fused-ring (bicyclic) bond motifs is 1. The number of para-hydroxylation sites is 1. The van der Waals surface area contributed by atoms with Crippen molar-refractivity contribution in [2.24, 2.45) is 11.6 Å². The smallest absolute Gasteiger partial charge is 0.124 e. The van der Waals surface area contributed by atoms with Gasteiger partial charge in [-0.15, -0.1) is 0 Å². The van der Waals surface area contributed by atoms with Crippen molar-refractivity contribution in [1.82, 2.24) is 4.98 Å². The SMILES string of the molecule is N/C(=C\N(N)c1cccc(Nc2ccccc2)c1)c1cccc(Nc2ccnc3ccc(F)cc23)c1. The van der Waals surface area contributed by atoms with Gasteiger partial charge in [0.2, 0.25) is 0 Å². The van der Waals surface area contributed by atoms with Crippen molar-refractivity contribution in [1.29, 1.82) is 0 Å². The summed E-state index contributed by atoms with van der Waals surface area (Å²) in [5.74, 6) is 6.01. The zero-order valence-electron chi connectivity index (χ0n) is 19.4. The number of hydrogen-bond acceptors (Lipinski definition) is 6. The summed E-state index contributed by atoms with van der Waals surface area (Å²) >= 11 is 0. The lowest BCUT2D eigenvalue weighted by molar-refractivity contribution is 0.629. The molecule has 0 saturated heterocycles. The Balaban J connectivity index is 1.35. The van der Waals surface area contributed by atoms with Crippen molar-refractivity contribution in [3.8, 4) is 0 Å². The van der Waals surface area contributed by atoms with Gasteiger partial charge in [0, 0.05) is 46.1 Å². The standard InChI is InChI=1S/C29H25FN6/c30-21-12-13-28-26(17-21)29(14-15-33-28)35-23-9-4-6-20(16-23)27(31)19-36(32)25-11-5-10-24(18-25)34-22-7-2-1-3-8-22/h1-19,34H,31-32H2,(H,33,35)/b27-19-. The Kier molecular flexibility index (Phi) is 6.46. The summed E-state index contributed by atoms with van der Waals surface area (Å²) in [7, 11) is 0. The van der Waals surface area contributed by atoms with Crippen LogP contribution in [0.4, 0.5) is 32.8 Å². The lowest BCUT2D eigenvalue weighted by Gasteiger charge is -2.17. The van der Waals surface area contributed by atoms with Crippen LogP contribution >= 0.6 is 0 Å². The highest BCUT2D eigenvalue weighted by molar-refractivity contribution is 5.93.